The maximum atomic E-state index is 12.5. The molecule has 1 aromatic carbocycles. The highest BCUT2D eigenvalue weighted by molar-refractivity contribution is 14.1. The minimum Gasteiger partial charge on any atom is -0.398 e. The van der Waals surface area contributed by atoms with Crippen molar-refractivity contribution in [2.45, 2.75) is 6.18 Å². The monoisotopic (exact) mass is 338 g/mol. The van der Waals surface area contributed by atoms with E-state index in [1.165, 1.54) is 6.07 Å². The number of nitrogens with two attached hydrogens (primary N) is 1. The summed E-state index contributed by atoms with van der Waals surface area (Å²) in [4.78, 5) is 3.54. The quantitative estimate of drug-likeness (QED) is 0.748. The standard InChI is InChI=1S/C10H6F3IN2/c11-10(12,13)9-4-7(15)6-3-5(14)1-2-8(6)16-9/h1-4H,(H2,15,16). The van der Waals surface area contributed by atoms with Gasteiger partial charge >= 0.3 is 6.18 Å². The number of nitrogens with zero attached hydrogens (tertiary/aromatic N) is 1. The molecule has 0 spiro atoms. The second-order valence-electron chi connectivity index (χ2n) is 3.26. The predicted molar refractivity (Wildman–Crippen MR) is 63.9 cm³/mol. The van der Waals surface area contributed by atoms with Crippen LogP contribution < -0.4 is 5.73 Å². The highest BCUT2D eigenvalue weighted by atomic mass is 127. The fourth-order valence-corrected chi connectivity index (χ4v) is 1.86. The van der Waals surface area contributed by atoms with Crippen molar-refractivity contribution in [1.29, 1.82) is 0 Å². The minimum atomic E-state index is -4.47. The van der Waals surface area contributed by atoms with Gasteiger partial charge in [0.25, 0.3) is 0 Å². The number of rotatable bonds is 0. The minimum absolute atomic E-state index is 0.0934. The topological polar surface area (TPSA) is 38.9 Å². The lowest BCUT2D eigenvalue weighted by molar-refractivity contribution is -0.140. The molecule has 0 saturated heterocycles. The van der Waals surface area contributed by atoms with Gasteiger partial charge in [-0.1, -0.05) is 0 Å². The van der Waals surface area contributed by atoms with Gasteiger partial charge in [0.1, 0.15) is 5.69 Å². The van der Waals surface area contributed by atoms with Gasteiger partial charge in [-0.3, -0.25) is 0 Å². The van der Waals surface area contributed by atoms with Gasteiger partial charge in [-0.15, -0.1) is 0 Å². The second kappa shape index (κ2) is 3.76. The number of halogens is 4. The van der Waals surface area contributed by atoms with Gasteiger partial charge in [-0.2, -0.15) is 13.2 Å². The van der Waals surface area contributed by atoms with Crippen molar-refractivity contribution in [2.75, 3.05) is 5.73 Å². The third-order valence-electron chi connectivity index (χ3n) is 2.09. The van der Waals surface area contributed by atoms with Crippen LogP contribution in [0.2, 0.25) is 0 Å². The largest absolute Gasteiger partial charge is 0.433 e. The third kappa shape index (κ3) is 2.06. The van der Waals surface area contributed by atoms with E-state index in [1.54, 1.807) is 12.1 Å². The van der Waals surface area contributed by atoms with Crippen LogP contribution in [0.1, 0.15) is 5.69 Å². The van der Waals surface area contributed by atoms with Gasteiger partial charge in [0.2, 0.25) is 0 Å². The van der Waals surface area contributed by atoms with Gasteiger partial charge < -0.3 is 5.73 Å². The number of anilines is 1. The average Bonchev–Trinajstić information content (AvgIpc) is 2.17. The summed E-state index contributed by atoms with van der Waals surface area (Å²) in [6.07, 6.45) is -4.47. The Kier molecular flexibility index (Phi) is 2.69. The molecular formula is C10H6F3IN2. The van der Waals surface area contributed by atoms with E-state index in [2.05, 4.69) is 27.6 Å². The molecule has 0 aliphatic carbocycles. The molecule has 0 bridgehead atoms. The Labute approximate surface area is 103 Å². The van der Waals surface area contributed by atoms with Crippen molar-refractivity contribution < 1.29 is 13.2 Å². The van der Waals surface area contributed by atoms with Crippen LogP contribution in [0.5, 0.6) is 0 Å². The summed E-state index contributed by atoms with van der Waals surface area (Å²) in [7, 11) is 0. The summed E-state index contributed by atoms with van der Waals surface area (Å²) in [5.74, 6) is 0. The average molecular weight is 338 g/mol. The van der Waals surface area contributed by atoms with Crippen molar-refractivity contribution >= 4 is 39.2 Å². The highest BCUT2D eigenvalue weighted by Gasteiger charge is 2.33. The van der Waals surface area contributed by atoms with Crippen molar-refractivity contribution in [2.24, 2.45) is 0 Å². The summed E-state index contributed by atoms with van der Waals surface area (Å²) in [6, 6.07) is 5.79. The molecule has 0 fully saturated rings. The zero-order valence-electron chi connectivity index (χ0n) is 7.85. The number of benzene rings is 1. The molecule has 0 radical (unpaired) electrons. The fraction of sp³-hybridized carbons (Fsp3) is 0.100. The van der Waals surface area contributed by atoms with Crippen LogP contribution in [0.25, 0.3) is 10.9 Å². The van der Waals surface area contributed by atoms with E-state index in [9.17, 15) is 13.2 Å². The fourth-order valence-electron chi connectivity index (χ4n) is 1.37. The molecule has 1 heterocycles. The molecule has 0 unspecified atom stereocenters. The first-order chi connectivity index (χ1) is 7.38. The van der Waals surface area contributed by atoms with Gasteiger partial charge in [-0.05, 0) is 46.9 Å². The molecule has 16 heavy (non-hydrogen) atoms. The first kappa shape index (κ1) is 11.4. The Balaban J connectivity index is 2.74. The maximum absolute atomic E-state index is 12.5. The van der Waals surface area contributed by atoms with Crippen molar-refractivity contribution in [3.05, 3.63) is 33.5 Å². The first-order valence-corrected chi connectivity index (χ1v) is 5.39. The molecule has 1 aromatic heterocycles. The Hall–Kier alpha value is -1.05. The molecule has 2 N–H and O–H groups in total. The summed E-state index contributed by atoms with van der Waals surface area (Å²) in [6.45, 7) is 0. The molecule has 0 atom stereocenters. The van der Waals surface area contributed by atoms with Crippen LogP contribution in [0.3, 0.4) is 0 Å². The number of hydrogen-bond acceptors (Lipinski definition) is 2. The smallest absolute Gasteiger partial charge is 0.398 e. The molecule has 2 nitrogen and oxygen atoms in total. The highest BCUT2D eigenvalue weighted by Crippen LogP contribution is 2.32. The van der Waals surface area contributed by atoms with Gasteiger partial charge in [-0.25, -0.2) is 4.98 Å². The number of nitrogen functional groups attached to an aromatic ring is 1. The van der Waals surface area contributed by atoms with Crippen molar-refractivity contribution in [3.8, 4) is 0 Å². The number of fused-ring (bicyclic) bond motifs is 1. The van der Waals surface area contributed by atoms with E-state index in [1.807, 2.05) is 0 Å². The molecule has 0 aliphatic rings. The molecule has 2 aromatic rings. The van der Waals surface area contributed by atoms with Crippen LogP contribution in [-0.4, -0.2) is 4.98 Å². The van der Waals surface area contributed by atoms with Gasteiger partial charge in [0.05, 0.1) is 5.52 Å². The van der Waals surface area contributed by atoms with E-state index in [0.717, 1.165) is 9.64 Å². The van der Waals surface area contributed by atoms with Crippen LogP contribution in [0.15, 0.2) is 24.3 Å². The first-order valence-electron chi connectivity index (χ1n) is 4.31. The maximum Gasteiger partial charge on any atom is 0.433 e. The zero-order chi connectivity index (χ0) is 11.9. The van der Waals surface area contributed by atoms with Crippen LogP contribution in [0.4, 0.5) is 18.9 Å². The van der Waals surface area contributed by atoms with Crippen LogP contribution in [-0.2, 0) is 6.18 Å². The normalized spacial score (nSPS) is 12.0. The molecule has 0 aliphatic heterocycles. The van der Waals surface area contributed by atoms with E-state index >= 15 is 0 Å². The van der Waals surface area contributed by atoms with E-state index in [4.69, 9.17) is 5.73 Å². The number of aromatic nitrogens is 1. The summed E-state index contributed by atoms with van der Waals surface area (Å²) in [5, 5.41) is 0.542. The molecule has 0 saturated carbocycles. The van der Waals surface area contributed by atoms with Crippen LogP contribution in [0, 0.1) is 3.57 Å². The Morgan fingerprint density at radius 1 is 1.19 bits per heavy atom. The number of alkyl halides is 3. The summed E-state index contributed by atoms with van der Waals surface area (Å²) >= 11 is 2.06. The van der Waals surface area contributed by atoms with Gasteiger partial charge in [0, 0.05) is 14.6 Å². The molecule has 6 heteroatoms. The molecular weight excluding hydrogens is 332 g/mol. The lowest BCUT2D eigenvalue weighted by atomic mass is 10.1. The van der Waals surface area contributed by atoms with Crippen molar-refractivity contribution in [1.82, 2.24) is 4.98 Å². The Morgan fingerprint density at radius 3 is 2.50 bits per heavy atom. The second-order valence-corrected chi connectivity index (χ2v) is 4.50. The van der Waals surface area contributed by atoms with E-state index in [-0.39, 0.29) is 11.2 Å². The lowest BCUT2D eigenvalue weighted by Crippen LogP contribution is -2.09. The molecule has 0 amide bonds. The number of pyridine rings is 1. The van der Waals surface area contributed by atoms with E-state index in [0.29, 0.717) is 5.39 Å². The van der Waals surface area contributed by atoms with Gasteiger partial charge in [0.15, 0.2) is 0 Å². The molecule has 84 valence electrons. The SMILES string of the molecule is Nc1cc(C(F)(F)F)nc2ccc(I)cc12. The third-order valence-corrected chi connectivity index (χ3v) is 2.76. The Morgan fingerprint density at radius 2 is 1.88 bits per heavy atom. The predicted octanol–water partition coefficient (Wildman–Crippen LogP) is 3.44. The zero-order valence-corrected chi connectivity index (χ0v) is 10.0. The van der Waals surface area contributed by atoms with Crippen LogP contribution >= 0.6 is 22.6 Å². The lowest BCUT2D eigenvalue weighted by Gasteiger charge is -2.09. The molecule has 2 rings (SSSR count). The van der Waals surface area contributed by atoms with Crippen molar-refractivity contribution in [3.63, 3.8) is 0 Å². The number of hydrogen-bond donors (Lipinski definition) is 1. The summed E-state index contributed by atoms with van der Waals surface area (Å²) in [5.41, 5.74) is 4.97. The Bertz CT molecular complexity index is 551. The summed E-state index contributed by atoms with van der Waals surface area (Å²) < 4.78 is 38.3. The van der Waals surface area contributed by atoms with E-state index < -0.39 is 11.9 Å².